The first kappa shape index (κ1) is 13.8. The van der Waals surface area contributed by atoms with Crippen LogP contribution in [0.25, 0.3) is 0 Å². The smallest absolute Gasteiger partial charge is 0.177 e. The third-order valence-electron chi connectivity index (χ3n) is 3.61. The molecule has 2 atom stereocenters. The Bertz CT molecular complexity index is 445. The highest BCUT2D eigenvalue weighted by Crippen LogP contribution is 2.22. The summed E-state index contributed by atoms with van der Waals surface area (Å²) in [6.07, 6.45) is 2.57. The molecule has 0 spiro atoms. The second-order valence-corrected chi connectivity index (χ2v) is 6.38. The van der Waals surface area contributed by atoms with Crippen LogP contribution >= 0.6 is 15.9 Å². The average molecular weight is 314 g/mol. The summed E-state index contributed by atoms with van der Waals surface area (Å²) in [5, 5.41) is 0. The number of carbonyl (C=O) groups is 1. The molecular weight excluding hydrogens is 294 g/mol. The molecule has 2 rings (SSSR count). The minimum absolute atomic E-state index is 0.130. The molecule has 3 nitrogen and oxygen atoms in total. The van der Waals surface area contributed by atoms with Gasteiger partial charge in [0.15, 0.2) is 5.78 Å². The van der Waals surface area contributed by atoms with E-state index in [1.807, 2.05) is 19.9 Å². The largest absolute Gasteiger partial charge is 0.376 e. The molecule has 0 radical (unpaired) electrons. The second-order valence-electron chi connectivity index (χ2n) is 5.01. The molecule has 1 aromatic rings. The van der Waals surface area contributed by atoms with Crippen LogP contribution in [0.2, 0.25) is 0 Å². The van der Waals surface area contributed by atoms with Crippen LogP contribution < -0.4 is 0 Å². The lowest BCUT2D eigenvalue weighted by atomic mass is 10.1. The lowest BCUT2D eigenvalue weighted by Crippen LogP contribution is -2.18. The lowest BCUT2D eigenvalue weighted by Gasteiger charge is -2.15. The maximum atomic E-state index is 12.1. The van der Waals surface area contributed by atoms with Gasteiger partial charge in [-0.15, -0.1) is 0 Å². The van der Waals surface area contributed by atoms with Crippen molar-refractivity contribution in [2.45, 2.75) is 51.1 Å². The van der Waals surface area contributed by atoms with Gasteiger partial charge in [-0.25, -0.2) is 0 Å². The van der Waals surface area contributed by atoms with Gasteiger partial charge in [-0.3, -0.25) is 4.79 Å². The van der Waals surface area contributed by atoms with Crippen molar-refractivity contribution in [3.63, 3.8) is 0 Å². The molecule has 1 saturated heterocycles. The third-order valence-corrected chi connectivity index (χ3v) is 4.03. The van der Waals surface area contributed by atoms with E-state index in [-0.39, 0.29) is 10.6 Å². The van der Waals surface area contributed by atoms with Gasteiger partial charge in [-0.1, -0.05) is 15.9 Å². The van der Waals surface area contributed by atoms with Crippen molar-refractivity contribution in [3.05, 3.63) is 23.0 Å². The van der Waals surface area contributed by atoms with Gasteiger partial charge in [0, 0.05) is 30.1 Å². The predicted molar refractivity (Wildman–Crippen MR) is 75.6 cm³/mol. The fourth-order valence-corrected chi connectivity index (χ4v) is 2.78. The summed E-state index contributed by atoms with van der Waals surface area (Å²) < 4.78 is 7.88. The molecule has 2 unspecified atom stereocenters. The Balaban J connectivity index is 2.23. The summed E-state index contributed by atoms with van der Waals surface area (Å²) in [5.74, 6) is 0.154. The van der Waals surface area contributed by atoms with Crippen molar-refractivity contribution < 1.29 is 9.53 Å². The van der Waals surface area contributed by atoms with Gasteiger partial charge in [0.1, 0.15) is 0 Å². The Kier molecular flexibility index (Phi) is 4.28. The molecule has 0 aliphatic carbocycles. The van der Waals surface area contributed by atoms with Crippen LogP contribution in [0, 0.1) is 13.8 Å². The van der Waals surface area contributed by atoms with Gasteiger partial charge in [0.2, 0.25) is 0 Å². The van der Waals surface area contributed by atoms with Crippen LogP contribution in [0.3, 0.4) is 0 Å². The molecule has 1 fully saturated rings. The highest BCUT2D eigenvalue weighted by atomic mass is 79.9. The molecule has 1 aliphatic heterocycles. The quantitative estimate of drug-likeness (QED) is 0.631. The zero-order chi connectivity index (χ0) is 13.3. The number of ether oxygens (including phenoxy) is 1. The number of aryl methyl sites for hydroxylation is 1. The summed E-state index contributed by atoms with van der Waals surface area (Å²) in [6, 6.07) is 1.99. The number of aromatic nitrogens is 1. The number of Topliss-reactive ketones (excluding diaryl/α,β-unsaturated/α-hetero) is 1. The van der Waals surface area contributed by atoms with Crippen LogP contribution in [0.4, 0.5) is 0 Å². The zero-order valence-electron chi connectivity index (χ0n) is 11.2. The van der Waals surface area contributed by atoms with Crippen LogP contribution in [-0.4, -0.2) is 27.9 Å². The van der Waals surface area contributed by atoms with E-state index in [1.165, 1.54) is 0 Å². The zero-order valence-corrected chi connectivity index (χ0v) is 12.8. The molecule has 1 aromatic heterocycles. The van der Waals surface area contributed by atoms with E-state index in [4.69, 9.17) is 4.74 Å². The van der Waals surface area contributed by atoms with E-state index < -0.39 is 0 Å². The minimum Gasteiger partial charge on any atom is -0.376 e. The van der Waals surface area contributed by atoms with Crippen molar-refractivity contribution in [2.24, 2.45) is 0 Å². The molecule has 0 amide bonds. The van der Waals surface area contributed by atoms with Crippen molar-refractivity contribution in [1.29, 1.82) is 0 Å². The number of hydrogen-bond donors (Lipinski definition) is 0. The standard InChI is InChI=1S/C14H20BrNO2/c1-9-7-13(14(17)10(2)15)11(3)16(9)8-12-5-4-6-18-12/h7,10,12H,4-6,8H2,1-3H3. The lowest BCUT2D eigenvalue weighted by molar-refractivity contribution is 0.0954. The predicted octanol–water partition coefficient (Wildman–Crippen LogP) is 3.25. The van der Waals surface area contributed by atoms with E-state index in [2.05, 4.69) is 27.4 Å². The number of carbonyl (C=O) groups excluding carboxylic acids is 1. The Hall–Kier alpha value is -0.610. The van der Waals surface area contributed by atoms with Gasteiger partial charge in [-0.2, -0.15) is 0 Å². The summed E-state index contributed by atoms with van der Waals surface area (Å²) in [4.78, 5) is 11.9. The SMILES string of the molecule is Cc1cc(C(=O)C(C)Br)c(C)n1CC1CCCO1. The molecular formula is C14H20BrNO2. The van der Waals surface area contributed by atoms with E-state index in [1.54, 1.807) is 0 Å². The van der Waals surface area contributed by atoms with Gasteiger partial charge in [0.25, 0.3) is 0 Å². The monoisotopic (exact) mass is 313 g/mol. The number of halogens is 1. The van der Waals surface area contributed by atoms with Crippen LogP contribution in [0.5, 0.6) is 0 Å². The van der Waals surface area contributed by atoms with E-state index in [9.17, 15) is 4.79 Å². The fraction of sp³-hybridized carbons (Fsp3) is 0.643. The molecule has 0 N–H and O–H groups in total. The second kappa shape index (κ2) is 5.57. The molecule has 0 aromatic carbocycles. The van der Waals surface area contributed by atoms with Crippen LogP contribution in [-0.2, 0) is 11.3 Å². The first-order chi connectivity index (χ1) is 8.50. The number of hydrogen-bond acceptors (Lipinski definition) is 2. The van der Waals surface area contributed by atoms with Crippen molar-refractivity contribution in [3.8, 4) is 0 Å². The Morgan fingerprint density at radius 2 is 2.33 bits per heavy atom. The summed E-state index contributed by atoms with van der Waals surface area (Å²) >= 11 is 3.35. The van der Waals surface area contributed by atoms with Gasteiger partial charge < -0.3 is 9.30 Å². The van der Waals surface area contributed by atoms with Gasteiger partial charge >= 0.3 is 0 Å². The molecule has 2 heterocycles. The summed E-state index contributed by atoms with van der Waals surface area (Å²) in [5.41, 5.74) is 3.02. The topological polar surface area (TPSA) is 31.2 Å². The molecule has 0 saturated carbocycles. The molecule has 1 aliphatic rings. The number of alkyl halides is 1. The Morgan fingerprint density at radius 1 is 1.61 bits per heavy atom. The van der Waals surface area contributed by atoms with E-state index in [0.717, 1.165) is 42.9 Å². The maximum Gasteiger partial charge on any atom is 0.177 e. The minimum atomic E-state index is -0.130. The summed E-state index contributed by atoms with van der Waals surface area (Å²) in [6.45, 7) is 7.67. The highest BCUT2D eigenvalue weighted by molar-refractivity contribution is 9.10. The third kappa shape index (κ3) is 2.69. The van der Waals surface area contributed by atoms with Crippen molar-refractivity contribution >= 4 is 21.7 Å². The van der Waals surface area contributed by atoms with Crippen molar-refractivity contribution in [2.75, 3.05) is 6.61 Å². The van der Waals surface area contributed by atoms with Crippen LogP contribution in [0.1, 0.15) is 41.5 Å². The first-order valence-corrected chi connectivity index (χ1v) is 7.39. The number of nitrogens with zero attached hydrogens (tertiary/aromatic N) is 1. The van der Waals surface area contributed by atoms with Crippen LogP contribution in [0.15, 0.2) is 6.07 Å². The van der Waals surface area contributed by atoms with Gasteiger partial charge in [0.05, 0.1) is 10.9 Å². The highest BCUT2D eigenvalue weighted by Gasteiger charge is 2.22. The van der Waals surface area contributed by atoms with Crippen molar-refractivity contribution in [1.82, 2.24) is 4.57 Å². The number of ketones is 1. The Morgan fingerprint density at radius 3 is 2.89 bits per heavy atom. The molecule has 18 heavy (non-hydrogen) atoms. The van der Waals surface area contributed by atoms with E-state index >= 15 is 0 Å². The Labute approximate surface area is 117 Å². The maximum absolute atomic E-state index is 12.1. The molecule has 0 bridgehead atoms. The fourth-order valence-electron chi connectivity index (χ4n) is 2.54. The molecule has 4 heteroatoms. The van der Waals surface area contributed by atoms with E-state index in [0.29, 0.717) is 6.10 Å². The molecule has 100 valence electrons. The normalized spacial score (nSPS) is 21.2. The summed E-state index contributed by atoms with van der Waals surface area (Å²) in [7, 11) is 0. The van der Waals surface area contributed by atoms with Gasteiger partial charge in [-0.05, 0) is 39.7 Å². The average Bonchev–Trinajstić information content (AvgIpc) is 2.91. The number of rotatable bonds is 4. The first-order valence-electron chi connectivity index (χ1n) is 6.47.